The summed E-state index contributed by atoms with van der Waals surface area (Å²) in [6.07, 6.45) is 3.76. The first-order chi connectivity index (χ1) is 7.81. The zero-order valence-electron chi connectivity index (χ0n) is 10.3. The van der Waals surface area contributed by atoms with E-state index in [1.807, 2.05) is 11.3 Å². The van der Waals surface area contributed by atoms with Gasteiger partial charge < -0.3 is 5.32 Å². The van der Waals surface area contributed by atoms with Crippen LogP contribution in [0.2, 0.25) is 0 Å². The molecule has 0 atom stereocenters. The molecule has 1 aliphatic heterocycles. The van der Waals surface area contributed by atoms with Gasteiger partial charge in [-0.1, -0.05) is 6.92 Å². The van der Waals surface area contributed by atoms with Crippen molar-refractivity contribution in [2.75, 3.05) is 20.1 Å². The lowest BCUT2D eigenvalue weighted by Gasteiger charge is -2.31. The van der Waals surface area contributed by atoms with Crippen molar-refractivity contribution in [3.63, 3.8) is 0 Å². The Morgan fingerprint density at radius 1 is 1.31 bits per heavy atom. The van der Waals surface area contributed by atoms with Crippen LogP contribution in [0.25, 0.3) is 0 Å². The maximum atomic E-state index is 3.38. The molecule has 0 bridgehead atoms. The van der Waals surface area contributed by atoms with Crippen LogP contribution in [0, 0.1) is 0 Å². The second-order valence-electron chi connectivity index (χ2n) is 4.56. The maximum absolute atomic E-state index is 3.38. The number of hydrogen-bond acceptors (Lipinski definition) is 3. The predicted molar refractivity (Wildman–Crippen MR) is 71.1 cm³/mol. The fourth-order valence-electron chi connectivity index (χ4n) is 2.30. The number of nitrogens with one attached hydrogen (secondary N) is 1. The molecule has 0 aromatic carbocycles. The smallest absolute Gasteiger partial charge is 0.0328 e. The summed E-state index contributed by atoms with van der Waals surface area (Å²) in [5.74, 6) is 0. The molecular weight excluding hydrogens is 216 g/mol. The normalized spacial score (nSPS) is 19.1. The predicted octanol–water partition coefficient (Wildman–Crippen LogP) is 2.49. The highest BCUT2D eigenvalue weighted by Gasteiger charge is 2.17. The van der Waals surface area contributed by atoms with Crippen LogP contribution in [0.5, 0.6) is 0 Å². The Morgan fingerprint density at radius 3 is 2.56 bits per heavy atom. The first kappa shape index (κ1) is 12.1. The van der Waals surface area contributed by atoms with Crippen molar-refractivity contribution in [1.82, 2.24) is 10.2 Å². The van der Waals surface area contributed by atoms with Crippen LogP contribution in [0.15, 0.2) is 12.1 Å². The van der Waals surface area contributed by atoms with E-state index in [-0.39, 0.29) is 0 Å². The maximum Gasteiger partial charge on any atom is 0.0328 e. The van der Waals surface area contributed by atoms with Gasteiger partial charge in [0.1, 0.15) is 0 Å². The van der Waals surface area contributed by atoms with Crippen molar-refractivity contribution >= 4 is 11.3 Å². The van der Waals surface area contributed by atoms with Crippen molar-refractivity contribution < 1.29 is 0 Å². The molecule has 2 rings (SSSR count). The molecule has 0 aliphatic carbocycles. The highest BCUT2D eigenvalue weighted by Crippen LogP contribution is 2.20. The van der Waals surface area contributed by atoms with Gasteiger partial charge in [-0.2, -0.15) is 0 Å². The van der Waals surface area contributed by atoms with Crippen LogP contribution in [0.4, 0.5) is 0 Å². The van der Waals surface area contributed by atoms with Crippen molar-refractivity contribution in [3.05, 3.63) is 21.9 Å². The fraction of sp³-hybridized carbons (Fsp3) is 0.692. The molecular formula is C13H22N2S. The number of aryl methyl sites for hydroxylation is 1. The molecule has 2 nitrogen and oxygen atoms in total. The summed E-state index contributed by atoms with van der Waals surface area (Å²) in [4.78, 5) is 5.62. The molecule has 90 valence electrons. The summed E-state index contributed by atoms with van der Waals surface area (Å²) in [5.41, 5.74) is 0. The molecule has 16 heavy (non-hydrogen) atoms. The summed E-state index contributed by atoms with van der Waals surface area (Å²) >= 11 is 1.98. The lowest BCUT2D eigenvalue weighted by atomic mass is 10.1. The van der Waals surface area contributed by atoms with Gasteiger partial charge in [0, 0.05) is 22.3 Å². The Balaban J connectivity index is 1.82. The average molecular weight is 238 g/mol. The van der Waals surface area contributed by atoms with Gasteiger partial charge in [-0.05, 0) is 51.5 Å². The van der Waals surface area contributed by atoms with Crippen LogP contribution in [0.3, 0.4) is 0 Å². The Bertz CT molecular complexity index is 313. The van der Waals surface area contributed by atoms with Gasteiger partial charge >= 0.3 is 0 Å². The first-order valence-corrected chi connectivity index (χ1v) is 7.10. The standard InChI is InChI=1S/C13H22N2S/c1-3-12-4-5-13(16-12)10-15-8-6-11(14-2)7-9-15/h4-5,11,14H,3,6-10H2,1-2H3. The largest absolute Gasteiger partial charge is 0.317 e. The molecule has 0 spiro atoms. The van der Waals surface area contributed by atoms with Gasteiger partial charge in [0.05, 0.1) is 0 Å². The number of thiophene rings is 1. The van der Waals surface area contributed by atoms with E-state index in [0.29, 0.717) is 0 Å². The van der Waals surface area contributed by atoms with E-state index in [4.69, 9.17) is 0 Å². The van der Waals surface area contributed by atoms with Gasteiger partial charge in [0.25, 0.3) is 0 Å². The molecule has 1 N–H and O–H groups in total. The van der Waals surface area contributed by atoms with Crippen LogP contribution < -0.4 is 5.32 Å². The highest BCUT2D eigenvalue weighted by atomic mass is 32.1. The van der Waals surface area contributed by atoms with E-state index in [0.717, 1.165) is 12.6 Å². The van der Waals surface area contributed by atoms with Crippen LogP contribution >= 0.6 is 11.3 Å². The minimum absolute atomic E-state index is 0.741. The van der Waals surface area contributed by atoms with Crippen LogP contribution in [-0.2, 0) is 13.0 Å². The Kier molecular flexibility index (Phi) is 4.38. The topological polar surface area (TPSA) is 15.3 Å². The minimum atomic E-state index is 0.741. The van der Waals surface area contributed by atoms with Gasteiger partial charge in [0.2, 0.25) is 0 Å². The lowest BCUT2D eigenvalue weighted by Crippen LogP contribution is -2.40. The van der Waals surface area contributed by atoms with Crippen LogP contribution in [0.1, 0.15) is 29.5 Å². The van der Waals surface area contributed by atoms with E-state index < -0.39 is 0 Å². The minimum Gasteiger partial charge on any atom is -0.317 e. The zero-order chi connectivity index (χ0) is 11.4. The molecule has 1 saturated heterocycles. The molecule has 0 radical (unpaired) electrons. The van der Waals surface area contributed by atoms with Gasteiger partial charge in [-0.25, -0.2) is 0 Å². The lowest BCUT2D eigenvalue weighted by molar-refractivity contribution is 0.196. The number of rotatable bonds is 4. The molecule has 1 fully saturated rings. The Hall–Kier alpha value is -0.380. The molecule has 1 aliphatic rings. The van der Waals surface area contributed by atoms with Crippen molar-refractivity contribution in [3.8, 4) is 0 Å². The van der Waals surface area contributed by atoms with E-state index in [2.05, 4.69) is 36.3 Å². The molecule has 0 saturated carbocycles. The van der Waals surface area contributed by atoms with E-state index in [9.17, 15) is 0 Å². The van der Waals surface area contributed by atoms with Gasteiger partial charge in [-0.3, -0.25) is 4.90 Å². The monoisotopic (exact) mass is 238 g/mol. The van der Waals surface area contributed by atoms with Crippen molar-refractivity contribution in [2.45, 2.75) is 38.8 Å². The quantitative estimate of drug-likeness (QED) is 0.867. The number of likely N-dealkylation sites (tertiary alicyclic amines) is 1. The number of nitrogens with zero attached hydrogens (tertiary/aromatic N) is 1. The average Bonchev–Trinajstić information content (AvgIpc) is 2.78. The second-order valence-corrected chi connectivity index (χ2v) is 5.81. The molecule has 0 unspecified atom stereocenters. The summed E-state index contributed by atoms with van der Waals surface area (Å²) in [6, 6.07) is 5.32. The van der Waals surface area contributed by atoms with Crippen molar-refractivity contribution in [1.29, 1.82) is 0 Å². The van der Waals surface area contributed by atoms with Crippen LogP contribution in [-0.4, -0.2) is 31.1 Å². The van der Waals surface area contributed by atoms with Gasteiger partial charge in [0.15, 0.2) is 0 Å². The summed E-state index contributed by atoms with van der Waals surface area (Å²) in [6.45, 7) is 5.87. The third-order valence-corrected chi connectivity index (χ3v) is 4.66. The van der Waals surface area contributed by atoms with E-state index in [1.165, 1.54) is 42.1 Å². The van der Waals surface area contributed by atoms with E-state index >= 15 is 0 Å². The molecule has 1 aromatic rings. The highest BCUT2D eigenvalue weighted by molar-refractivity contribution is 7.11. The molecule has 0 amide bonds. The molecule has 2 heterocycles. The third-order valence-electron chi connectivity index (χ3n) is 3.44. The Morgan fingerprint density at radius 2 is 2.00 bits per heavy atom. The second kappa shape index (κ2) is 5.80. The van der Waals surface area contributed by atoms with E-state index in [1.54, 1.807) is 0 Å². The van der Waals surface area contributed by atoms with Crippen molar-refractivity contribution in [2.24, 2.45) is 0 Å². The first-order valence-electron chi connectivity index (χ1n) is 6.29. The summed E-state index contributed by atoms with van der Waals surface area (Å²) < 4.78 is 0. The summed E-state index contributed by atoms with van der Waals surface area (Å²) in [5, 5.41) is 3.38. The molecule has 1 aromatic heterocycles. The third kappa shape index (κ3) is 3.06. The number of hydrogen-bond donors (Lipinski definition) is 1. The van der Waals surface area contributed by atoms with Gasteiger partial charge in [-0.15, -0.1) is 11.3 Å². The fourth-order valence-corrected chi connectivity index (χ4v) is 3.30. The zero-order valence-corrected chi connectivity index (χ0v) is 11.1. The number of piperidine rings is 1. The Labute approximate surface area is 103 Å². The molecule has 3 heteroatoms. The summed E-state index contributed by atoms with van der Waals surface area (Å²) in [7, 11) is 2.08. The SMILES string of the molecule is CCc1ccc(CN2CCC(NC)CC2)s1.